The maximum Gasteiger partial charge on any atom is 0.222 e. The molecule has 3 aromatic rings. The molecular weight excluding hydrogens is 284 g/mol. The largest absolute Gasteiger partial charge is 0.493 e. The summed E-state index contributed by atoms with van der Waals surface area (Å²) in [6, 6.07) is 16.1. The van der Waals surface area contributed by atoms with Crippen LogP contribution in [0.5, 0.6) is 5.88 Å². The van der Waals surface area contributed by atoms with Crippen molar-refractivity contribution >= 4 is 0 Å². The topological polar surface area (TPSA) is 38.0 Å². The average molecular weight is 306 g/mol. The number of aromatic nitrogens is 2. The summed E-state index contributed by atoms with van der Waals surface area (Å²) in [5.41, 5.74) is 6.02. The van der Waals surface area contributed by atoms with Gasteiger partial charge in [0, 0.05) is 0 Å². The molecule has 0 aliphatic rings. The van der Waals surface area contributed by atoms with Crippen molar-refractivity contribution in [1.82, 2.24) is 9.78 Å². The Balaban J connectivity index is 2.22. The van der Waals surface area contributed by atoms with Gasteiger partial charge in [0.2, 0.25) is 5.88 Å². The van der Waals surface area contributed by atoms with Crippen molar-refractivity contribution in [1.29, 1.82) is 0 Å². The first-order valence-corrected chi connectivity index (χ1v) is 7.94. The van der Waals surface area contributed by atoms with Crippen LogP contribution in [0.4, 0.5) is 0 Å². The molecule has 0 aliphatic carbocycles. The van der Waals surface area contributed by atoms with Crippen molar-refractivity contribution in [2.45, 2.75) is 33.6 Å². The highest BCUT2D eigenvalue weighted by molar-refractivity contribution is 5.72. The Kier molecular flexibility index (Phi) is 3.95. The second-order valence-electron chi connectivity index (χ2n) is 6.28. The van der Waals surface area contributed by atoms with Gasteiger partial charge < -0.3 is 5.11 Å². The van der Waals surface area contributed by atoms with Crippen LogP contribution in [0.25, 0.3) is 16.8 Å². The lowest BCUT2D eigenvalue weighted by molar-refractivity contribution is 0.435. The average Bonchev–Trinajstić information content (AvgIpc) is 2.88. The first-order chi connectivity index (χ1) is 11.0. The summed E-state index contributed by atoms with van der Waals surface area (Å²) in [6.07, 6.45) is 0. The molecule has 3 rings (SSSR count). The van der Waals surface area contributed by atoms with Crippen molar-refractivity contribution < 1.29 is 5.11 Å². The van der Waals surface area contributed by atoms with Crippen molar-refractivity contribution in [2.24, 2.45) is 0 Å². The van der Waals surface area contributed by atoms with Crippen LogP contribution in [0.3, 0.4) is 0 Å². The van der Waals surface area contributed by atoms with E-state index in [4.69, 9.17) is 5.10 Å². The third kappa shape index (κ3) is 2.74. The Bertz CT molecular complexity index is 832. The molecule has 0 unspecified atom stereocenters. The number of rotatable bonds is 3. The first kappa shape index (κ1) is 15.3. The maximum atomic E-state index is 10.8. The molecular formula is C20H22N2O. The molecule has 1 heterocycles. The SMILES string of the molecule is Cc1ccc(-n2nc(C(C)C)c(-c3ccccc3)c2O)cc1C. The molecule has 0 saturated heterocycles. The molecule has 0 radical (unpaired) electrons. The molecule has 0 saturated carbocycles. The fourth-order valence-corrected chi connectivity index (χ4v) is 2.75. The number of aromatic hydroxyl groups is 1. The second kappa shape index (κ2) is 5.92. The first-order valence-electron chi connectivity index (χ1n) is 7.94. The van der Waals surface area contributed by atoms with Crippen LogP contribution in [-0.4, -0.2) is 14.9 Å². The van der Waals surface area contributed by atoms with E-state index in [0.29, 0.717) is 0 Å². The van der Waals surface area contributed by atoms with E-state index < -0.39 is 0 Å². The number of hydrogen-bond donors (Lipinski definition) is 1. The van der Waals surface area contributed by atoms with Gasteiger partial charge in [0.1, 0.15) is 0 Å². The lowest BCUT2D eigenvalue weighted by atomic mass is 10.00. The van der Waals surface area contributed by atoms with Crippen LogP contribution in [-0.2, 0) is 0 Å². The minimum atomic E-state index is 0.197. The third-order valence-corrected chi connectivity index (χ3v) is 4.23. The van der Waals surface area contributed by atoms with Crippen LogP contribution in [0.1, 0.15) is 36.6 Å². The lowest BCUT2D eigenvalue weighted by Crippen LogP contribution is -1.99. The molecule has 0 bridgehead atoms. The molecule has 1 aromatic heterocycles. The molecule has 0 amide bonds. The molecule has 2 aromatic carbocycles. The van der Waals surface area contributed by atoms with Crippen LogP contribution in [0.2, 0.25) is 0 Å². The summed E-state index contributed by atoms with van der Waals surface area (Å²) in [6.45, 7) is 8.34. The zero-order chi connectivity index (χ0) is 16.6. The van der Waals surface area contributed by atoms with Gasteiger partial charge in [-0.3, -0.25) is 0 Å². The molecule has 0 atom stereocenters. The molecule has 118 valence electrons. The Morgan fingerprint density at radius 3 is 2.26 bits per heavy atom. The minimum absolute atomic E-state index is 0.197. The standard InChI is InChI=1S/C20H22N2O/c1-13(2)19-18(16-8-6-5-7-9-16)20(23)22(21-19)17-11-10-14(3)15(4)12-17/h5-13,23H,1-4H3. The van der Waals surface area contributed by atoms with Crippen LogP contribution in [0.15, 0.2) is 48.5 Å². The molecule has 0 aliphatic heterocycles. The zero-order valence-electron chi connectivity index (χ0n) is 14.0. The highest BCUT2D eigenvalue weighted by Crippen LogP contribution is 2.37. The van der Waals surface area contributed by atoms with Gasteiger partial charge in [-0.2, -0.15) is 5.10 Å². The Morgan fingerprint density at radius 2 is 1.65 bits per heavy atom. The molecule has 23 heavy (non-hydrogen) atoms. The maximum absolute atomic E-state index is 10.8. The van der Waals surface area contributed by atoms with Gasteiger partial charge in [-0.15, -0.1) is 0 Å². The Morgan fingerprint density at radius 1 is 0.957 bits per heavy atom. The second-order valence-corrected chi connectivity index (χ2v) is 6.28. The van der Waals surface area contributed by atoms with Crippen molar-refractivity contribution in [2.75, 3.05) is 0 Å². The van der Waals surface area contributed by atoms with E-state index in [-0.39, 0.29) is 11.8 Å². The van der Waals surface area contributed by atoms with Gasteiger partial charge in [0.05, 0.1) is 16.9 Å². The van der Waals surface area contributed by atoms with Gasteiger partial charge in [-0.25, -0.2) is 4.68 Å². The lowest BCUT2D eigenvalue weighted by Gasteiger charge is -2.07. The normalized spacial score (nSPS) is 11.2. The minimum Gasteiger partial charge on any atom is -0.493 e. The van der Waals surface area contributed by atoms with Gasteiger partial charge >= 0.3 is 0 Å². The molecule has 0 fully saturated rings. The summed E-state index contributed by atoms with van der Waals surface area (Å²) >= 11 is 0. The van der Waals surface area contributed by atoms with Crippen LogP contribution >= 0.6 is 0 Å². The van der Waals surface area contributed by atoms with E-state index in [1.54, 1.807) is 4.68 Å². The van der Waals surface area contributed by atoms with Gasteiger partial charge in [0.25, 0.3) is 0 Å². The summed E-state index contributed by atoms with van der Waals surface area (Å²) in [5.74, 6) is 0.423. The van der Waals surface area contributed by atoms with E-state index in [2.05, 4.69) is 39.8 Å². The summed E-state index contributed by atoms with van der Waals surface area (Å²) in [4.78, 5) is 0. The monoisotopic (exact) mass is 306 g/mol. The Labute approximate surface area is 137 Å². The Hall–Kier alpha value is -2.55. The molecule has 1 N–H and O–H groups in total. The van der Waals surface area contributed by atoms with Gasteiger partial charge in [0.15, 0.2) is 0 Å². The molecule has 3 heteroatoms. The predicted octanol–water partition coefficient (Wildman–Crippen LogP) is 4.99. The molecule has 0 spiro atoms. The van der Waals surface area contributed by atoms with Gasteiger partial charge in [-0.1, -0.05) is 50.2 Å². The van der Waals surface area contributed by atoms with E-state index in [9.17, 15) is 5.11 Å². The van der Waals surface area contributed by atoms with Crippen LogP contribution in [0, 0.1) is 13.8 Å². The highest BCUT2D eigenvalue weighted by atomic mass is 16.3. The third-order valence-electron chi connectivity index (χ3n) is 4.23. The van der Waals surface area contributed by atoms with E-state index in [1.807, 2.05) is 36.4 Å². The highest BCUT2D eigenvalue weighted by Gasteiger charge is 2.21. The van der Waals surface area contributed by atoms with Crippen molar-refractivity contribution in [3.05, 3.63) is 65.4 Å². The predicted molar refractivity (Wildman–Crippen MR) is 94.2 cm³/mol. The summed E-state index contributed by atoms with van der Waals surface area (Å²) < 4.78 is 1.64. The number of aryl methyl sites for hydroxylation is 2. The number of nitrogens with zero attached hydrogens (tertiary/aromatic N) is 2. The van der Waals surface area contributed by atoms with Crippen molar-refractivity contribution in [3.8, 4) is 22.7 Å². The van der Waals surface area contributed by atoms with Gasteiger partial charge in [-0.05, 0) is 48.6 Å². The molecule has 3 nitrogen and oxygen atoms in total. The van der Waals surface area contributed by atoms with E-state index in [1.165, 1.54) is 11.1 Å². The van der Waals surface area contributed by atoms with Crippen molar-refractivity contribution in [3.63, 3.8) is 0 Å². The van der Waals surface area contributed by atoms with E-state index >= 15 is 0 Å². The quantitative estimate of drug-likeness (QED) is 0.740. The zero-order valence-corrected chi connectivity index (χ0v) is 14.0. The fraction of sp³-hybridized carbons (Fsp3) is 0.250. The number of benzene rings is 2. The fourth-order valence-electron chi connectivity index (χ4n) is 2.75. The van der Waals surface area contributed by atoms with E-state index in [0.717, 1.165) is 22.5 Å². The summed E-state index contributed by atoms with van der Waals surface area (Å²) in [5, 5.41) is 15.5. The number of hydrogen-bond acceptors (Lipinski definition) is 2. The van der Waals surface area contributed by atoms with Crippen LogP contribution < -0.4 is 0 Å². The summed E-state index contributed by atoms with van der Waals surface area (Å²) in [7, 11) is 0. The smallest absolute Gasteiger partial charge is 0.222 e.